The molecule has 6 heteroatoms. The van der Waals surface area contributed by atoms with Gasteiger partial charge in [-0.3, -0.25) is 4.79 Å². The maximum Gasteiger partial charge on any atom is 0.309 e. The zero-order valence-corrected chi connectivity index (χ0v) is 12.7. The van der Waals surface area contributed by atoms with Crippen LogP contribution in [0, 0.1) is 6.92 Å². The molecule has 0 aliphatic rings. The molecule has 0 spiro atoms. The smallest absolute Gasteiger partial charge is 0.309 e. The summed E-state index contributed by atoms with van der Waals surface area (Å²) in [6.07, 6.45) is 0.133. The van der Waals surface area contributed by atoms with E-state index in [0.29, 0.717) is 6.54 Å². The number of methoxy groups -OCH3 is 1. The summed E-state index contributed by atoms with van der Waals surface area (Å²) in [6.45, 7) is 2.49. The lowest BCUT2D eigenvalue weighted by Crippen LogP contribution is -2.36. The molecule has 1 N–H and O–H groups in total. The number of ether oxygens (including phenoxy) is 1. The highest BCUT2D eigenvalue weighted by Gasteiger charge is 2.18. The molecule has 1 aromatic carbocycles. The van der Waals surface area contributed by atoms with E-state index < -0.39 is 5.97 Å². The second kappa shape index (κ2) is 6.15. The van der Waals surface area contributed by atoms with Gasteiger partial charge in [-0.2, -0.15) is 4.57 Å². The van der Waals surface area contributed by atoms with Gasteiger partial charge in [0.25, 0.3) is 0 Å². The predicted octanol–water partition coefficient (Wildman–Crippen LogP) is 2.56. The SMILES string of the molecule is Br.COc1ccc2sc(C)[n+](CCC(=O)O)c2c1. The van der Waals surface area contributed by atoms with Gasteiger partial charge in [0.1, 0.15) is 16.9 Å². The maximum atomic E-state index is 10.6. The van der Waals surface area contributed by atoms with E-state index in [9.17, 15) is 4.79 Å². The molecule has 98 valence electrons. The van der Waals surface area contributed by atoms with Gasteiger partial charge in [-0.1, -0.05) is 11.3 Å². The maximum absolute atomic E-state index is 10.6. The minimum atomic E-state index is -0.779. The van der Waals surface area contributed by atoms with Crippen LogP contribution in [0.4, 0.5) is 0 Å². The molecule has 0 fully saturated rings. The van der Waals surface area contributed by atoms with Gasteiger partial charge in [0.05, 0.1) is 13.2 Å². The molecule has 1 aromatic heterocycles. The van der Waals surface area contributed by atoms with Crippen molar-refractivity contribution in [3.8, 4) is 5.75 Å². The van der Waals surface area contributed by atoms with Crippen LogP contribution in [-0.2, 0) is 11.3 Å². The molecule has 0 amide bonds. The molecule has 0 bridgehead atoms. The quantitative estimate of drug-likeness (QED) is 0.875. The van der Waals surface area contributed by atoms with Crippen molar-refractivity contribution in [1.82, 2.24) is 0 Å². The number of aryl methyl sites for hydroxylation is 2. The number of carboxylic acids is 1. The van der Waals surface area contributed by atoms with Crippen LogP contribution in [0.15, 0.2) is 18.2 Å². The van der Waals surface area contributed by atoms with E-state index in [4.69, 9.17) is 9.84 Å². The monoisotopic (exact) mass is 332 g/mol. The highest BCUT2D eigenvalue weighted by atomic mass is 79.9. The van der Waals surface area contributed by atoms with E-state index in [2.05, 4.69) is 0 Å². The lowest BCUT2D eigenvalue weighted by atomic mass is 10.3. The number of aromatic nitrogens is 1. The minimum absolute atomic E-state index is 0. The molecule has 0 atom stereocenters. The van der Waals surface area contributed by atoms with Gasteiger partial charge in [0, 0.05) is 6.92 Å². The summed E-state index contributed by atoms with van der Waals surface area (Å²) >= 11 is 1.66. The Morgan fingerprint density at radius 3 is 2.83 bits per heavy atom. The standard InChI is InChI=1S/C12H13NO3S.BrH/c1-8-13(6-5-12(14)15)10-7-9(16-2)3-4-11(10)17-8;/h3-4,7H,5-6H2,1-2H3;1H/p+1. The van der Waals surface area contributed by atoms with Crippen LogP contribution >= 0.6 is 28.3 Å². The summed E-state index contributed by atoms with van der Waals surface area (Å²) < 4.78 is 8.36. The Balaban J connectivity index is 0.00000162. The number of nitrogens with zero attached hydrogens (tertiary/aromatic N) is 1. The van der Waals surface area contributed by atoms with Gasteiger partial charge in [-0.05, 0) is 12.1 Å². The Hall–Kier alpha value is -1.14. The normalized spacial score (nSPS) is 10.1. The first kappa shape index (κ1) is 14.9. The van der Waals surface area contributed by atoms with Gasteiger partial charge >= 0.3 is 5.97 Å². The number of thiazole rings is 1. The molecular weight excluding hydrogens is 318 g/mol. The number of aliphatic carboxylic acids is 1. The van der Waals surface area contributed by atoms with E-state index in [1.165, 1.54) is 0 Å². The van der Waals surface area contributed by atoms with E-state index in [0.717, 1.165) is 21.0 Å². The number of benzene rings is 1. The number of carboxylic acid groups (broad SMARTS) is 1. The highest BCUT2D eigenvalue weighted by molar-refractivity contribution is 8.93. The fraction of sp³-hybridized carbons (Fsp3) is 0.333. The fourth-order valence-corrected chi connectivity index (χ4v) is 2.82. The highest BCUT2D eigenvalue weighted by Crippen LogP contribution is 2.24. The molecule has 4 nitrogen and oxygen atoms in total. The molecule has 0 saturated heterocycles. The third-order valence-electron chi connectivity index (χ3n) is 2.64. The third-order valence-corrected chi connectivity index (χ3v) is 3.72. The van der Waals surface area contributed by atoms with Crippen LogP contribution in [0.2, 0.25) is 0 Å². The van der Waals surface area contributed by atoms with Gasteiger partial charge in [-0.15, -0.1) is 17.0 Å². The van der Waals surface area contributed by atoms with Crippen molar-refractivity contribution < 1.29 is 19.2 Å². The van der Waals surface area contributed by atoms with Crippen LogP contribution in [0.25, 0.3) is 10.2 Å². The number of rotatable bonds is 4. The number of carbonyl (C=O) groups is 1. The Morgan fingerprint density at radius 1 is 1.50 bits per heavy atom. The number of hydrogen-bond donors (Lipinski definition) is 1. The van der Waals surface area contributed by atoms with Crippen molar-refractivity contribution in [3.05, 3.63) is 23.2 Å². The van der Waals surface area contributed by atoms with Crippen LogP contribution in [0.3, 0.4) is 0 Å². The summed E-state index contributed by atoms with van der Waals surface area (Å²) in [5.74, 6) is 0.0125. The molecule has 1 heterocycles. The number of fused-ring (bicyclic) bond motifs is 1. The summed E-state index contributed by atoms with van der Waals surface area (Å²) in [6, 6.07) is 5.86. The van der Waals surface area contributed by atoms with Crippen molar-refractivity contribution >= 4 is 44.5 Å². The van der Waals surface area contributed by atoms with Gasteiger partial charge in [0.15, 0.2) is 6.54 Å². The van der Waals surface area contributed by atoms with Crippen molar-refractivity contribution in [3.63, 3.8) is 0 Å². The average molecular weight is 333 g/mol. The van der Waals surface area contributed by atoms with Crippen molar-refractivity contribution in [2.75, 3.05) is 7.11 Å². The van der Waals surface area contributed by atoms with Crippen LogP contribution in [0.5, 0.6) is 5.75 Å². The Kier molecular flexibility index (Phi) is 5.10. The summed E-state index contributed by atoms with van der Waals surface area (Å²) in [5, 5.41) is 9.85. The first-order valence-electron chi connectivity index (χ1n) is 5.30. The van der Waals surface area contributed by atoms with Crippen LogP contribution in [-0.4, -0.2) is 18.2 Å². The first-order chi connectivity index (χ1) is 8.11. The summed E-state index contributed by atoms with van der Waals surface area (Å²) in [4.78, 5) is 10.6. The van der Waals surface area contributed by atoms with Gasteiger partial charge < -0.3 is 9.84 Å². The van der Waals surface area contributed by atoms with E-state index in [1.54, 1.807) is 18.4 Å². The predicted molar refractivity (Wildman–Crippen MR) is 75.9 cm³/mol. The average Bonchev–Trinajstić information content (AvgIpc) is 2.61. The fourth-order valence-electron chi connectivity index (χ4n) is 1.79. The first-order valence-corrected chi connectivity index (χ1v) is 6.12. The van der Waals surface area contributed by atoms with Gasteiger partial charge in [-0.25, -0.2) is 0 Å². The molecule has 0 saturated carbocycles. The van der Waals surface area contributed by atoms with E-state index >= 15 is 0 Å². The lowest BCUT2D eigenvalue weighted by molar-refractivity contribution is -0.671. The minimum Gasteiger partial charge on any atom is -0.497 e. The van der Waals surface area contributed by atoms with Crippen molar-refractivity contribution in [2.24, 2.45) is 0 Å². The molecular formula is C12H15BrNO3S+. The van der Waals surface area contributed by atoms with E-state index in [1.807, 2.05) is 29.7 Å². The zero-order chi connectivity index (χ0) is 12.4. The van der Waals surface area contributed by atoms with Crippen molar-refractivity contribution in [2.45, 2.75) is 19.9 Å². The van der Waals surface area contributed by atoms with Gasteiger partial charge in [0.2, 0.25) is 10.5 Å². The molecule has 2 rings (SSSR count). The number of halogens is 1. The molecule has 2 aromatic rings. The van der Waals surface area contributed by atoms with Crippen LogP contribution < -0.4 is 9.30 Å². The second-order valence-electron chi connectivity index (χ2n) is 3.75. The summed E-state index contributed by atoms with van der Waals surface area (Å²) in [7, 11) is 1.63. The molecule has 18 heavy (non-hydrogen) atoms. The zero-order valence-electron chi connectivity index (χ0n) is 10.2. The summed E-state index contributed by atoms with van der Waals surface area (Å²) in [5.41, 5.74) is 1.04. The lowest BCUT2D eigenvalue weighted by Gasteiger charge is -1.98. The second-order valence-corrected chi connectivity index (χ2v) is 4.98. The molecule has 0 radical (unpaired) electrons. The number of hydrogen-bond acceptors (Lipinski definition) is 3. The molecule has 0 unspecified atom stereocenters. The Labute approximate surface area is 120 Å². The Morgan fingerprint density at radius 2 is 2.22 bits per heavy atom. The van der Waals surface area contributed by atoms with E-state index in [-0.39, 0.29) is 23.4 Å². The largest absolute Gasteiger partial charge is 0.497 e. The van der Waals surface area contributed by atoms with Crippen molar-refractivity contribution in [1.29, 1.82) is 0 Å². The van der Waals surface area contributed by atoms with Crippen LogP contribution in [0.1, 0.15) is 11.4 Å². The topological polar surface area (TPSA) is 50.4 Å². The third kappa shape index (κ3) is 3.00. The molecule has 0 aliphatic carbocycles. The molecule has 0 aliphatic heterocycles. The Bertz CT molecular complexity index is 568.